The number of rotatable bonds is 2. The monoisotopic (exact) mass is 146 g/mol. The molecular weight excluding hydrogens is 138 g/mol. The number of nitriles is 1. The first-order valence-electron chi connectivity index (χ1n) is 3.11. The van der Waals surface area contributed by atoms with Crippen LogP contribution in [0.3, 0.4) is 0 Å². The summed E-state index contributed by atoms with van der Waals surface area (Å²) in [6, 6.07) is 1.91. The fourth-order valence-corrected chi connectivity index (χ4v) is 0.974. The van der Waals surface area contributed by atoms with E-state index >= 15 is 0 Å². The zero-order valence-electron chi connectivity index (χ0n) is 5.48. The van der Waals surface area contributed by atoms with Crippen LogP contribution in [-0.2, 0) is 0 Å². The molecule has 1 fully saturated rings. The summed E-state index contributed by atoms with van der Waals surface area (Å²) < 4.78 is 24.2. The lowest BCUT2D eigenvalue weighted by Gasteiger charge is -2.38. The summed E-state index contributed by atoms with van der Waals surface area (Å²) in [5.74, 6) is -2.49. The topological polar surface area (TPSA) is 27.0 Å². The maximum atomic E-state index is 12.1. The SMILES string of the molecule is N#CCCN1CC(F)(F)C1. The molecule has 10 heavy (non-hydrogen) atoms. The Morgan fingerprint density at radius 3 is 2.50 bits per heavy atom. The van der Waals surface area contributed by atoms with E-state index in [0.717, 1.165) is 0 Å². The van der Waals surface area contributed by atoms with Gasteiger partial charge in [0.05, 0.1) is 19.2 Å². The zero-order valence-corrected chi connectivity index (χ0v) is 5.48. The molecule has 1 rings (SSSR count). The van der Waals surface area contributed by atoms with Gasteiger partial charge in [-0.3, -0.25) is 4.90 Å². The van der Waals surface area contributed by atoms with E-state index in [1.807, 2.05) is 6.07 Å². The molecule has 0 N–H and O–H groups in total. The van der Waals surface area contributed by atoms with Crippen LogP contribution in [0.2, 0.25) is 0 Å². The average molecular weight is 146 g/mol. The van der Waals surface area contributed by atoms with Crippen molar-refractivity contribution in [1.82, 2.24) is 4.90 Å². The molecule has 0 aromatic heterocycles. The third kappa shape index (κ3) is 1.64. The second kappa shape index (κ2) is 2.51. The van der Waals surface area contributed by atoms with Crippen molar-refractivity contribution in [2.75, 3.05) is 19.6 Å². The highest BCUT2D eigenvalue weighted by molar-refractivity contribution is 4.88. The van der Waals surface area contributed by atoms with E-state index in [0.29, 0.717) is 13.0 Å². The van der Waals surface area contributed by atoms with Crippen LogP contribution in [0, 0.1) is 11.3 Å². The van der Waals surface area contributed by atoms with Gasteiger partial charge in [0.15, 0.2) is 0 Å². The van der Waals surface area contributed by atoms with E-state index in [2.05, 4.69) is 0 Å². The zero-order chi connectivity index (χ0) is 7.61. The van der Waals surface area contributed by atoms with Crippen molar-refractivity contribution in [3.63, 3.8) is 0 Å². The van der Waals surface area contributed by atoms with Gasteiger partial charge < -0.3 is 0 Å². The third-order valence-corrected chi connectivity index (χ3v) is 1.45. The Kier molecular flexibility index (Phi) is 1.86. The van der Waals surface area contributed by atoms with Gasteiger partial charge in [-0.15, -0.1) is 0 Å². The van der Waals surface area contributed by atoms with Gasteiger partial charge in [0.1, 0.15) is 0 Å². The fourth-order valence-electron chi connectivity index (χ4n) is 0.974. The molecule has 0 saturated carbocycles. The van der Waals surface area contributed by atoms with E-state index in [4.69, 9.17) is 5.26 Å². The number of alkyl halides is 2. The van der Waals surface area contributed by atoms with Crippen LogP contribution in [0.4, 0.5) is 8.78 Å². The Morgan fingerprint density at radius 2 is 2.10 bits per heavy atom. The number of halogens is 2. The molecule has 2 nitrogen and oxygen atoms in total. The molecule has 1 saturated heterocycles. The molecule has 4 heteroatoms. The molecule has 1 aliphatic heterocycles. The molecule has 1 aliphatic rings. The van der Waals surface area contributed by atoms with Gasteiger partial charge in [-0.1, -0.05) is 0 Å². The first-order valence-corrected chi connectivity index (χ1v) is 3.11. The lowest BCUT2D eigenvalue weighted by atomic mass is 10.1. The molecule has 0 aromatic carbocycles. The van der Waals surface area contributed by atoms with Gasteiger partial charge in [-0.25, -0.2) is 8.78 Å². The van der Waals surface area contributed by atoms with E-state index < -0.39 is 5.92 Å². The highest BCUT2D eigenvalue weighted by Gasteiger charge is 2.43. The van der Waals surface area contributed by atoms with Crippen molar-refractivity contribution < 1.29 is 8.78 Å². The van der Waals surface area contributed by atoms with Crippen molar-refractivity contribution in [3.8, 4) is 6.07 Å². The standard InChI is InChI=1S/C6H8F2N2/c7-6(8)4-10(5-6)3-1-2-9/h1,3-5H2. The van der Waals surface area contributed by atoms with Gasteiger partial charge in [-0.05, 0) is 0 Å². The molecular formula is C6H8F2N2. The minimum Gasteiger partial charge on any atom is -0.290 e. The third-order valence-electron chi connectivity index (χ3n) is 1.45. The maximum Gasteiger partial charge on any atom is 0.272 e. The van der Waals surface area contributed by atoms with Crippen molar-refractivity contribution in [2.45, 2.75) is 12.3 Å². The van der Waals surface area contributed by atoms with Crippen molar-refractivity contribution >= 4 is 0 Å². The molecule has 56 valence electrons. The van der Waals surface area contributed by atoms with E-state index in [-0.39, 0.29) is 13.1 Å². The average Bonchev–Trinajstić information content (AvgIpc) is 1.78. The minimum absolute atomic E-state index is 0.172. The van der Waals surface area contributed by atoms with Crippen LogP contribution in [0.15, 0.2) is 0 Å². The minimum atomic E-state index is -2.49. The second-order valence-electron chi connectivity index (χ2n) is 2.47. The quantitative estimate of drug-likeness (QED) is 0.577. The number of hydrogen-bond acceptors (Lipinski definition) is 2. The summed E-state index contributed by atoms with van der Waals surface area (Å²) in [7, 11) is 0. The molecule has 0 aromatic rings. The summed E-state index contributed by atoms with van der Waals surface area (Å²) in [5, 5.41) is 8.10. The predicted octanol–water partition coefficient (Wildman–Crippen LogP) is 0.851. The highest BCUT2D eigenvalue weighted by atomic mass is 19.3. The molecule has 0 atom stereocenters. The molecule has 0 unspecified atom stereocenters. The van der Waals surface area contributed by atoms with E-state index in [1.54, 1.807) is 4.90 Å². The molecule has 0 radical (unpaired) electrons. The van der Waals surface area contributed by atoms with E-state index in [1.165, 1.54) is 0 Å². The summed E-state index contributed by atoms with van der Waals surface area (Å²) in [6.07, 6.45) is 0.343. The summed E-state index contributed by atoms with van der Waals surface area (Å²) >= 11 is 0. The Labute approximate surface area is 58.0 Å². The van der Waals surface area contributed by atoms with Crippen LogP contribution < -0.4 is 0 Å². The van der Waals surface area contributed by atoms with Gasteiger partial charge in [0.25, 0.3) is 5.92 Å². The van der Waals surface area contributed by atoms with Crippen LogP contribution in [0.1, 0.15) is 6.42 Å². The van der Waals surface area contributed by atoms with Crippen molar-refractivity contribution in [2.24, 2.45) is 0 Å². The summed E-state index contributed by atoms with van der Waals surface area (Å²) in [6.45, 7) is 0.134. The van der Waals surface area contributed by atoms with Crippen molar-refractivity contribution in [1.29, 1.82) is 5.26 Å². The molecule has 0 amide bonds. The highest BCUT2D eigenvalue weighted by Crippen LogP contribution is 2.25. The van der Waals surface area contributed by atoms with Gasteiger partial charge >= 0.3 is 0 Å². The number of hydrogen-bond donors (Lipinski definition) is 0. The van der Waals surface area contributed by atoms with E-state index in [9.17, 15) is 8.78 Å². The smallest absolute Gasteiger partial charge is 0.272 e. The van der Waals surface area contributed by atoms with Crippen LogP contribution in [0.25, 0.3) is 0 Å². The maximum absolute atomic E-state index is 12.1. The second-order valence-corrected chi connectivity index (χ2v) is 2.47. The van der Waals surface area contributed by atoms with Gasteiger partial charge in [0, 0.05) is 13.0 Å². The fraction of sp³-hybridized carbons (Fsp3) is 0.833. The lowest BCUT2D eigenvalue weighted by Crippen LogP contribution is -2.56. The van der Waals surface area contributed by atoms with Crippen LogP contribution in [-0.4, -0.2) is 30.5 Å². The lowest BCUT2D eigenvalue weighted by molar-refractivity contribution is -0.129. The van der Waals surface area contributed by atoms with Crippen LogP contribution in [0.5, 0.6) is 0 Å². The first-order chi connectivity index (χ1) is 4.64. The summed E-state index contributed by atoms with van der Waals surface area (Å²) in [5.41, 5.74) is 0. The molecule has 0 bridgehead atoms. The predicted molar refractivity (Wildman–Crippen MR) is 31.6 cm³/mol. The Bertz CT molecular complexity index is 154. The molecule has 0 spiro atoms. The largest absolute Gasteiger partial charge is 0.290 e. The Morgan fingerprint density at radius 1 is 1.50 bits per heavy atom. The number of nitrogens with zero attached hydrogens (tertiary/aromatic N) is 2. The van der Waals surface area contributed by atoms with Gasteiger partial charge in [0.2, 0.25) is 0 Å². The normalized spacial score (nSPS) is 23.3. The first kappa shape index (κ1) is 7.42. The summed E-state index contributed by atoms with van der Waals surface area (Å²) in [4.78, 5) is 1.57. The van der Waals surface area contributed by atoms with Crippen LogP contribution >= 0.6 is 0 Å². The molecule has 0 aliphatic carbocycles. The van der Waals surface area contributed by atoms with Gasteiger partial charge in [-0.2, -0.15) is 5.26 Å². The number of likely N-dealkylation sites (tertiary alicyclic amines) is 1. The Hall–Kier alpha value is -0.690. The van der Waals surface area contributed by atoms with Crippen molar-refractivity contribution in [3.05, 3.63) is 0 Å². The Balaban J connectivity index is 2.10. The molecule has 1 heterocycles.